The fraction of sp³-hybridized carbons (Fsp3) is 0.333. The minimum Gasteiger partial charge on any atom is -0.505 e. The van der Waals surface area contributed by atoms with Crippen molar-refractivity contribution in [1.29, 1.82) is 0 Å². The summed E-state index contributed by atoms with van der Waals surface area (Å²) in [4.78, 5) is 4.32. The molecule has 8 heteroatoms. The normalized spacial score (nSPS) is 11.1. The third-order valence-corrected chi connectivity index (χ3v) is 3.83. The lowest BCUT2D eigenvalue weighted by Crippen LogP contribution is -2.01. The Morgan fingerprint density at radius 3 is 2.61 bits per heavy atom. The van der Waals surface area contributed by atoms with Crippen molar-refractivity contribution in [2.24, 2.45) is 0 Å². The van der Waals surface area contributed by atoms with Crippen LogP contribution in [0.15, 0.2) is 6.20 Å². The average Bonchev–Trinajstić information content (AvgIpc) is 2.97. The number of unbranched alkanes of at least 4 members (excludes halogenated alkanes) is 1. The Morgan fingerprint density at radius 2 is 1.91 bits per heavy atom. The molecule has 3 rings (SSSR count). The van der Waals surface area contributed by atoms with Gasteiger partial charge in [0.15, 0.2) is 17.2 Å². The molecule has 0 radical (unpaired) electrons. The van der Waals surface area contributed by atoms with Crippen LogP contribution in [0, 0.1) is 18.6 Å². The number of aliphatic hydroxyl groups excluding tert-OH is 1. The number of pyridine rings is 1. The fourth-order valence-corrected chi connectivity index (χ4v) is 2.64. The first-order chi connectivity index (χ1) is 10.6. The third kappa shape index (κ3) is 2.70. The molecule has 5 nitrogen and oxygen atoms in total. The predicted octanol–water partition coefficient (Wildman–Crippen LogP) is 3.14. The van der Waals surface area contributed by atoms with Gasteiger partial charge in [0.25, 0.3) is 0 Å². The van der Waals surface area contributed by atoms with Gasteiger partial charge in [0.2, 0.25) is 0 Å². The molecule has 0 fully saturated rings. The summed E-state index contributed by atoms with van der Waals surface area (Å²) in [6.07, 6.45) is 2.90. The molecule has 2 aromatic heterocycles. The first-order valence-electron chi connectivity index (χ1n) is 6.99. The van der Waals surface area contributed by atoms with Gasteiger partial charge in [-0.05, 0) is 26.2 Å². The number of H-pyrrole nitrogens is 1. The molecule has 0 saturated heterocycles. The second-order valence-corrected chi connectivity index (χ2v) is 5.22. The van der Waals surface area contributed by atoms with E-state index in [1.165, 1.54) is 13.1 Å². The van der Waals surface area contributed by atoms with Crippen molar-refractivity contribution in [3.8, 4) is 5.75 Å². The predicted molar refractivity (Wildman–Crippen MR) is 85.0 cm³/mol. The highest BCUT2D eigenvalue weighted by atomic mass is 35.5. The number of hydrogen-bond donors (Lipinski definition) is 3. The van der Waals surface area contributed by atoms with E-state index < -0.39 is 17.4 Å². The molecule has 0 atom stereocenters. The monoisotopic (exact) mass is 343 g/mol. The van der Waals surface area contributed by atoms with Crippen LogP contribution in [-0.4, -0.2) is 32.0 Å². The quantitative estimate of drug-likeness (QED) is 0.636. The number of rotatable bonds is 4. The average molecular weight is 344 g/mol. The fourth-order valence-electron chi connectivity index (χ4n) is 2.64. The van der Waals surface area contributed by atoms with Crippen LogP contribution in [-0.2, 0) is 6.42 Å². The number of fused-ring (bicyclic) bond motifs is 3. The number of aromatic nitrogens is 3. The number of aryl methyl sites for hydroxylation is 1. The summed E-state index contributed by atoms with van der Waals surface area (Å²) in [6.45, 7) is 1.35. The SMILES string of the molecule is Cc1c(O)c(F)c2c(c(CCCCO)nc3[nH]ncc32)c1F.Cl. The van der Waals surface area contributed by atoms with Crippen molar-refractivity contribution in [1.82, 2.24) is 15.2 Å². The maximum atomic E-state index is 14.6. The summed E-state index contributed by atoms with van der Waals surface area (Å²) >= 11 is 0. The number of halogens is 3. The summed E-state index contributed by atoms with van der Waals surface area (Å²) in [5.74, 6) is -2.24. The Balaban J connectivity index is 0.00000192. The highest BCUT2D eigenvalue weighted by molar-refractivity contribution is 6.07. The van der Waals surface area contributed by atoms with E-state index >= 15 is 0 Å². The number of phenols is 1. The van der Waals surface area contributed by atoms with Crippen molar-refractivity contribution in [3.63, 3.8) is 0 Å². The van der Waals surface area contributed by atoms with Gasteiger partial charge in [-0.3, -0.25) is 5.10 Å². The van der Waals surface area contributed by atoms with Gasteiger partial charge in [-0.15, -0.1) is 12.4 Å². The van der Waals surface area contributed by atoms with Gasteiger partial charge in [-0.1, -0.05) is 0 Å². The molecule has 2 heterocycles. The zero-order chi connectivity index (χ0) is 15.9. The van der Waals surface area contributed by atoms with E-state index in [1.54, 1.807) is 0 Å². The molecule has 0 aliphatic rings. The van der Waals surface area contributed by atoms with E-state index in [1.807, 2.05) is 0 Å². The molecular weight excluding hydrogens is 328 g/mol. The topological polar surface area (TPSA) is 82.0 Å². The molecule has 0 aliphatic heterocycles. The minimum absolute atomic E-state index is 0. The van der Waals surface area contributed by atoms with E-state index in [-0.39, 0.29) is 35.3 Å². The number of nitrogens with zero attached hydrogens (tertiary/aromatic N) is 2. The largest absolute Gasteiger partial charge is 0.505 e. The second kappa shape index (κ2) is 6.64. The van der Waals surface area contributed by atoms with Crippen LogP contribution in [0.3, 0.4) is 0 Å². The second-order valence-electron chi connectivity index (χ2n) is 5.22. The Hall–Kier alpha value is -1.99. The van der Waals surface area contributed by atoms with Crippen LogP contribution in [0.1, 0.15) is 24.1 Å². The van der Waals surface area contributed by atoms with Gasteiger partial charge in [-0.2, -0.15) is 5.10 Å². The number of aromatic hydroxyl groups is 1. The Kier molecular flexibility index (Phi) is 5.01. The molecule has 0 unspecified atom stereocenters. The summed E-state index contributed by atoms with van der Waals surface area (Å²) in [5.41, 5.74) is 0.589. The third-order valence-electron chi connectivity index (χ3n) is 3.83. The maximum Gasteiger partial charge on any atom is 0.173 e. The van der Waals surface area contributed by atoms with Crippen LogP contribution in [0.5, 0.6) is 5.75 Å². The van der Waals surface area contributed by atoms with Crippen LogP contribution in [0.4, 0.5) is 8.78 Å². The van der Waals surface area contributed by atoms with Crippen molar-refractivity contribution >= 4 is 34.2 Å². The Bertz CT molecular complexity index is 867. The van der Waals surface area contributed by atoms with Crippen LogP contribution >= 0.6 is 12.4 Å². The molecule has 0 spiro atoms. The number of benzene rings is 1. The number of aliphatic hydroxyl groups is 1. The summed E-state index contributed by atoms with van der Waals surface area (Å²) < 4.78 is 29.1. The van der Waals surface area contributed by atoms with Gasteiger partial charge in [0, 0.05) is 28.3 Å². The molecule has 3 aromatic rings. The molecule has 1 aromatic carbocycles. The molecule has 23 heavy (non-hydrogen) atoms. The van der Waals surface area contributed by atoms with Gasteiger partial charge in [-0.25, -0.2) is 13.8 Å². The van der Waals surface area contributed by atoms with Crippen molar-refractivity contribution in [3.05, 3.63) is 29.1 Å². The molecule has 0 bridgehead atoms. The van der Waals surface area contributed by atoms with E-state index in [0.717, 1.165) is 0 Å². The Labute approximate surface area is 136 Å². The van der Waals surface area contributed by atoms with Gasteiger partial charge >= 0.3 is 0 Å². The lowest BCUT2D eigenvalue weighted by atomic mass is 9.99. The van der Waals surface area contributed by atoms with Crippen LogP contribution in [0.25, 0.3) is 21.8 Å². The minimum atomic E-state index is -0.869. The number of phenolic OH excluding ortho intramolecular Hbond substituents is 1. The summed E-state index contributed by atoms with van der Waals surface area (Å²) in [5, 5.41) is 25.5. The first kappa shape index (κ1) is 17.4. The highest BCUT2D eigenvalue weighted by Gasteiger charge is 2.22. The van der Waals surface area contributed by atoms with E-state index in [4.69, 9.17) is 5.11 Å². The van der Waals surface area contributed by atoms with Crippen LogP contribution < -0.4 is 0 Å². The zero-order valence-electron chi connectivity index (χ0n) is 12.4. The number of hydrogen-bond acceptors (Lipinski definition) is 4. The smallest absolute Gasteiger partial charge is 0.173 e. The Morgan fingerprint density at radius 1 is 1.17 bits per heavy atom. The van der Waals surface area contributed by atoms with Crippen LogP contribution in [0.2, 0.25) is 0 Å². The molecule has 0 saturated carbocycles. The first-order valence-corrected chi connectivity index (χ1v) is 6.99. The lowest BCUT2D eigenvalue weighted by Gasteiger charge is -2.12. The van der Waals surface area contributed by atoms with Gasteiger partial charge in [0.05, 0.1) is 11.9 Å². The standard InChI is InChI=1S/C15H15F2N3O2.ClH/c1-7-12(16)11-9(4-2-3-5-21)19-15-8(6-18-20-15)10(11)13(17)14(7)22;/h6,21-22H,2-5H2,1H3,(H,18,19,20);1H. The van der Waals surface area contributed by atoms with Crippen molar-refractivity contribution < 1.29 is 19.0 Å². The molecule has 0 aliphatic carbocycles. The zero-order valence-corrected chi connectivity index (χ0v) is 13.2. The van der Waals surface area contributed by atoms with Gasteiger partial charge < -0.3 is 10.2 Å². The molecule has 0 amide bonds. The molecule has 3 N–H and O–H groups in total. The van der Waals surface area contributed by atoms with Gasteiger partial charge in [0.1, 0.15) is 5.82 Å². The van der Waals surface area contributed by atoms with E-state index in [0.29, 0.717) is 36.0 Å². The number of aromatic amines is 1. The highest BCUT2D eigenvalue weighted by Crippen LogP contribution is 2.37. The summed E-state index contributed by atoms with van der Waals surface area (Å²) in [6, 6.07) is 0. The van der Waals surface area contributed by atoms with Crippen molar-refractivity contribution in [2.45, 2.75) is 26.2 Å². The lowest BCUT2D eigenvalue weighted by molar-refractivity contribution is 0.284. The summed E-state index contributed by atoms with van der Waals surface area (Å²) in [7, 11) is 0. The number of nitrogens with one attached hydrogen (secondary N) is 1. The maximum absolute atomic E-state index is 14.6. The van der Waals surface area contributed by atoms with Crippen molar-refractivity contribution in [2.75, 3.05) is 6.61 Å². The molecule has 124 valence electrons. The van der Waals surface area contributed by atoms with E-state index in [9.17, 15) is 13.9 Å². The molecular formula is C15H16ClF2N3O2. The van der Waals surface area contributed by atoms with E-state index in [2.05, 4.69) is 15.2 Å².